The van der Waals surface area contributed by atoms with Crippen molar-refractivity contribution in [1.29, 1.82) is 0 Å². The van der Waals surface area contributed by atoms with Crippen molar-refractivity contribution in [1.82, 2.24) is 10.2 Å². The van der Waals surface area contributed by atoms with E-state index in [1.807, 2.05) is 38.1 Å². The summed E-state index contributed by atoms with van der Waals surface area (Å²) in [4.78, 5) is 28.5. The minimum Gasteiger partial charge on any atom is -0.352 e. The van der Waals surface area contributed by atoms with Gasteiger partial charge in [0.2, 0.25) is 21.8 Å². The average Bonchev–Trinajstić information content (AvgIpc) is 3.36. The Balaban J connectivity index is 1.76. The Bertz CT molecular complexity index is 1160. The van der Waals surface area contributed by atoms with Crippen LogP contribution in [0, 0.1) is 6.92 Å². The lowest BCUT2D eigenvalue weighted by Gasteiger charge is -2.32. The van der Waals surface area contributed by atoms with E-state index in [0.29, 0.717) is 30.1 Å². The highest BCUT2D eigenvalue weighted by Crippen LogP contribution is 2.23. The topological polar surface area (TPSA) is 86.8 Å². The molecule has 0 bridgehead atoms. The second-order valence-electron chi connectivity index (χ2n) is 9.78. The van der Waals surface area contributed by atoms with E-state index in [2.05, 4.69) is 5.32 Å². The maximum atomic E-state index is 13.6. The van der Waals surface area contributed by atoms with Gasteiger partial charge in [0.25, 0.3) is 0 Å². The van der Waals surface area contributed by atoms with Gasteiger partial charge >= 0.3 is 0 Å². The van der Waals surface area contributed by atoms with Crippen LogP contribution in [0.1, 0.15) is 63.0 Å². The highest BCUT2D eigenvalue weighted by molar-refractivity contribution is 7.92. The van der Waals surface area contributed by atoms with Crippen LogP contribution in [0.3, 0.4) is 0 Å². The van der Waals surface area contributed by atoms with Gasteiger partial charge in [0, 0.05) is 30.6 Å². The summed E-state index contributed by atoms with van der Waals surface area (Å²) in [5.74, 6) is -0.281. The summed E-state index contributed by atoms with van der Waals surface area (Å²) in [6, 6.07) is 14.0. The number of carbonyl (C=O) groups is 2. The number of nitrogens with zero attached hydrogens (tertiary/aromatic N) is 2. The van der Waals surface area contributed by atoms with Crippen molar-refractivity contribution in [2.45, 2.75) is 77.4 Å². The molecule has 1 aliphatic carbocycles. The third-order valence-electron chi connectivity index (χ3n) is 6.96. The Morgan fingerprint density at radius 2 is 1.73 bits per heavy atom. The number of hydrogen-bond acceptors (Lipinski definition) is 4. The third-order valence-corrected chi connectivity index (χ3v) is 8.40. The molecule has 0 spiro atoms. The van der Waals surface area contributed by atoms with Crippen LogP contribution in [0.5, 0.6) is 0 Å². The molecular formula is C28H38ClN3O4S. The van der Waals surface area contributed by atoms with Crippen LogP contribution in [0.4, 0.5) is 5.69 Å². The predicted octanol–water partition coefficient (Wildman–Crippen LogP) is 5.06. The first-order valence-corrected chi connectivity index (χ1v) is 15.2. The molecule has 1 fully saturated rings. The van der Waals surface area contributed by atoms with Crippen molar-refractivity contribution in [3.63, 3.8) is 0 Å². The van der Waals surface area contributed by atoms with E-state index in [-0.39, 0.29) is 30.8 Å². The van der Waals surface area contributed by atoms with E-state index in [1.54, 1.807) is 29.2 Å². The quantitative estimate of drug-likeness (QED) is 0.402. The van der Waals surface area contributed by atoms with Gasteiger partial charge in [-0.15, -0.1) is 0 Å². The zero-order chi connectivity index (χ0) is 27.0. The molecule has 1 N–H and O–H groups in total. The number of rotatable bonds is 12. The van der Waals surface area contributed by atoms with Gasteiger partial charge in [0.05, 0.1) is 11.9 Å². The molecule has 1 aliphatic rings. The molecule has 9 heteroatoms. The molecule has 2 aromatic rings. The highest BCUT2D eigenvalue weighted by atomic mass is 35.5. The van der Waals surface area contributed by atoms with E-state index in [1.165, 1.54) is 4.31 Å². The number of sulfonamides is 1. The zero-order valence-electron chi connectivity index (χ0n) is 22.0. The van der Waals surface area contributed by atoms with E-state index >= 15 is 0 Å². The number of nitrogens with one attached hydrogen (secondary N) is 1. The molecule has 7 nitrogen and oxygen atoms in total. The minimum absolute atomic E-state index is 0.115. The van der Waals surface area contributed by atoms with Gasteiger partial charge in [-0.25, -0.2) is 8.42 Å². The summed E-state index contributed by atoms with van der Waals surface area (Å²) in [6.45, 7) is 4.39. The number of amides is 2. The monoisotopic (exact) mass is 547 g/mol. The molecule has 2 amide bonds. The van der Waals surface area contributed by atoms with Crippen LogP contribution in [-0.2, 0) is 26.2 Å². The molecule has 0 radical (unpaired) electrons. The summed E-state index contributed by atoms with van der Waals surface area (Å²) in [5.41, 5.74) is 2.54. The zero-order valence-corrected chi connectivity index (χ0v) is 23.5. The van der Waals surface area contributed by atoms with Crippen LogP contribution >= 0.6 is 11.6 Å². The second-order valence-corrected chi connectivity index (χ2v) is 12.1. The van der Waals surface area contributed by atoms with E-state index in [0.717, 1.165) is 43.1 Å². The lowest BCUT2D eigenvalue weighted by molar-refractivity contribution is -0.141. The van der Waals surface area contributed by atoms with E-state index in [4.69, 9.17) is 11.6 Å². The average molecular weight is 548 g/mol. The van der Waals surface area contributed by atoms with Crippen molar-refractivity contribution in [2.75, 3.05) is 17.1 Å². The fraction of sp³-hybridized carbons (Fsp3) is 0.500. The van der Waals surface area contributed by atoms with Gasteiger partial charge in [-0.05, 0) is 68.0 Å². The molecular weight excluding hydrogens is 510 g/mol. The molecule has 1 atom stereocenters. The largest absolute Gasteiger partial charge is 0.352 e. The summed E-state index contributed by atoms with van der Waals surface area (Å²) < 4.78 is 26.2. The number of hydrogen-bond donors (Lipinski definition) is 1. The van der Waals surface area contributed by atoms with E-state index < -0.39 is 16.1 Å². The fourth-order valence-electron chi connectivity index (χ4n) is 4.87. The maximum Gasteiger partial charge on any atom is 0.243 e. The maximum absolute atomic E-state index is 13.6. The van der Waals surface area contributed by atoms with Crippen molar-refractivity contribution in [2.24, 2.45) is 0 Å². The summed E-state index contributed by atoms with van der Waals surface area (Å²) >= 11 is 5.96. The molecule has 37 heavy (non-hydrogen) atoms. The van der Waals surface area contributed by atoms with Crippen LogP contribution in [0.25, 0.3) is 0 Å². The van der Waals surface area contributed by atoms with Gasteiger partial charge in [-0.3, -0.25) is 13.9 Å². The Morgan fingerprint density at radius 3 is 2.32 bits per heavy atom. The lowest BCUT2D eigenvalue weighted by atomic mass is 10.0. The summed E-state index contributed by atoms with van der Waals surface area (Å²) in [5, 5.41) is 3.67. The summed E-state index contributed by atoms with van der Waals surface area (Å²) in [6.07, 6.45) is 6.25. The van der Waals surface area contributed by atoms with Crippen molar-refractivity contribution >= 4 is 39.1 Å². The number of aryl methyl sites for hydroxylation is 1. The smallest absolute Gasteiger partial charge is 0.243 e. The van der Waals surface area contributed by atoms with E-state index in [9.17, 15) is 18.0 Å². The molecule has 2 aromatic carbocycles. The SMILES string of the molecule is CC[C@@H](C(=O)NC1CCCC1)N(Cc1ccccc1C)C(=O)CCCN(c1ccc(Cl)cc1)S(C)(=O)=O. The van der Waals surface area contributed by atoms with Gasteiger partial charge in [-0.1, -0.05) is 55.6 Å². The Morgan fingerprint density at radius 1 is 1.08 bits per heavy atom. The van der Waals surface area contributed by atoms with Gasteiger partial charge in [0.15, 0.2) is 0 Å². The van der Waals surface area contributed by atoms with Crippen LogP contribution in [0.2, 0.25) is 5.02 Å². The predicted molar refractivity (Wildman–Crippen MR) is 149 cm³/mol. The molecule has 0 aromatic heterocycles. The molecule has 0 heterocycles. The van der Waals surface area contributed by atoms with Crippen molar-refractivity contribution < 1.29 is 18.0 Å². The Hall–Kier alpha value is -2.58. The third kappa shape index (κ3) is 8.20. The molecule has 3 rings (SSSR count). The summed E-state index contributed by atoms with van der Waals surface area (Å²) in [7, 11) is -3.55. The number of anilines is 1. The highest BCUT2D eigenvalue weighted by Gasteiger charge is 2.31. The first-order chi connectivity index (χ1) is 17.6. The first-order valence-electron chi connectivity index (χ1n) is 13.0. The number of halogens is 1. The normalized spacial score (nSPS) is 14.8. The second kappa shape index (κ2) is 13.3. The molecule has 1 saturated carbocycles. The van der Waals surface area contributed by atoms with Crippen LogP contribution < -0.4 is 9.62 Å². The first kappa shape index (κ1) is 29.0. The van der Waals surface area contributed by atoms with Gasteiger partial charge < -0.3 is 10.2 Å². The lowest BCUT2D eigenvalue weighted by Crippen LogP contribution is -2.51. The number of benzene rings is 2. The van der Waals surface area contributed by atoms with Gasteiger partial charge in [0.1, 0.15) is 6.04 Å². The van der Waals surface area contributed by atoms with Crippen LogP contribution in [-0.4, -0.2) is 50.0 Å². The Labute approximate surface area is 226 Å². The van der Waals surface area contributed by atoms with Crippen molar-refractivity contribution in [3.05, 3.63) is 64.7 Å². The fourth-order valence-corrected chi connectivity index (χ4v) is 5.96. The van der Waals surface area contributed by atoms with Gasteiger partial charge in [-0.2, -0.15) is 0 Å². The molecule has 0 aliphatic heterocycles. The molecule has 0 unspecified atom stereocenters. The minimum atomic E-state index is -3.55. The molecule has 0 saturated heterocycles. The number of carbonyl (C=O) groups excluding carboxylic acids is 2. The molecule has 202 valence electrons. The van der Waals surface area contributed by atoms with Crippen molar-refractivity contribution in [3.8, 4) is 0 Å². The standard InChI is InChI=1S/C28H38ClN3O4S/c1-4-26(28(34)30-24-12-7-8-13-24)31(20-22-11-6-5-10-21(22)2)27(33)14-9-19-32(37(3,35)36)25-17-15-23(29)16-18-25/h5-6,10-11,15-18,24,26H,4,7-9,12-14,19-20H2,1-3H3,(H,30,34)/t26-/m0/s1. The van der Waals surface area contributed by atoms with Crippen LogP contribution in [0.15, 0.2) is 48.5 Å². The Kier molecular flexibility index (Phi) is 10.4.